The largest absolute Gasteiger partial charge is 0.455 e. The zero-order valence-corrected chi connectivity index (χ0v) is 19.2. The lowest BCUT2D eigenvalue weighted by molar-refractivity contribution is -0.152. The highest BCUT2D eigenvalue weighted by Gasteiger charge is 2.23. The minimum Gasteiger partial charge on any atom is -0.455 e. The van der Waals surface area contributed by atoms with Crippen molar-refractivity contribution in [1.29, 1.82) is 0 Å². The lowest BCUT2D eigenvalue weighted by Crippen LogP contribution is -2.27. The summed E-state index contributed by atoms with van der Waals surface area (Å²) in [6.45, 7) is 22.2. The Balaban J connectivity index is 0. The molecule has 0 unspecified atom stereocenters. The predicted molar refractivity (Wildman–Crippen MR) is 118 cm³/mol. The van der Waals surface area contributed by atoms with Crippen molar-refractivity contribution in [2.24, 2.45) is 0 Å². The summed E-state index contributed by atoms with van der Waals surface area (Å²) in [6.07, 6.45) is 11.0. The van der Waals surface area contributed by atoms with Crippen molar-refractivity contribution in [1.82, 2.24) is 0 Å². The van der Waals surface area contributed by atoms with Crippen molar-refractivity contribution < 1.29 is 19.1 Å². The van der Waals surface area contributed by atoms with E-state index in [1.54, 1.807) is 12.2 Å². The second kappa shape index (κ2) is 14.0. The Morgan fingerprint density at radius 1 is 0.714 bits per heavy atom. The van der Waals surface area contributed by atoms with Crippen LogP contribution in [-0.2, 0) is 19.1 Å². The van der Waals surface area contributed by atoms with Gasteiger partial charge in [0.25, 0.3) is 0 Å². The molecule has 0 aromatic carbocycles. The van der Waals surface area contributed by atoms with E-state index in [0.717, 1.165) is 25.7 Å². The molecule has 4 nitrogen and oxygen atoms in total. The van der Waals surface area contributed by atoms with E-state index >= 15 is 0 Å². The third-order valence-electron chi connectivity index (χ3n) is 4.00. The Morgan fingerprint density at radius 2 is 1.00 bits per heavy atom. The van der Waals surface area contributed by atoms with Gasteiger partial charge in [-0.05, 0) is 79.4 Å². The Hall–Kier alpha value is -2.10. The van der Waals surface area contributed by atoms with Crippen LogP contribution in [0.3, 0.4) is 0 Å². The van der Waals surface area contributed by atoms with Crippen molar-refractivity contribution >= 4 is 11.9 Å². The van der Waals surface area contributed by atoms with Crippen LogP contribution in [0.25, 0.3) is 0 Å². The average molecular weight is 393 g/mol. The van der Waals surface area contributed by atoms with Crippen molar-refractivity contribution in [3.05, 3.63) is 48.6 Å². The summed E-state index contributed by atoms with van der Waals surface area (Å²) in [7, 11) is 0. The third kappa shape index (κ3) is 16.1. The van der Waals surface area contributed by atoms with Crippen LogP contribution in [0.5, 0.6) is 0 Å². The van der Waals surface area contributed by atoms with Crippen LogP contribution in [0, 0.1) is 0 Å². The van der Waals surface area contributed by atoms with Crippen molar-refractivity contribution in [3.8, 4) is 0 Å². The van der Waals surface area contributed by atoms with E-state index in [1.165, 1.54) is 25.0 Å². The highest BCUT2D eigenvalue weighted by molar-refractivity contribution is 5.67. The zero-order chi connectivity index (χ0) is 22.4. The second-order valence-corrected chi connectivity index (χ2v) is 7.86. The number of ether oxygens (including phenoxy) is 2. The first-order valence-corrected chi connectivity index (χ1v) is 9.72. The van der Waals surface area contributed by atoms with Gasteiger partial charge in [0.15, 0.2) is 0 Å². The first-order valence-electron chi connectivity index (χ1n) is 9.72. The summed E-state index contributed by atoms with van der Waals surface area (Å²) in [6, 6.07) is 0. The maximum Gasteiger partial charge on any atom is 0.303 e. The van der Waals surface area contributed by atoms with Crippen LogP contribution in [0.2, 0.25) is 0 Å². The molecule has 0 saturated heterocycles. The number of carbonyl (C=O) groups excluding carboxylic acids is 2. The van der Waals surface area contributed by atoms with Crippen molar-refractivity contribution in [2.45, 2.75) is 92.3 Å². The molecule has 4 heteroatoms. The fourth-order valence-corrected chi connectivity index (χ4v) is 2.34. The molecule has 0 rings (SSSR count). The van der Waals surface area contributed by atoms with Gasteiger partial charge in [-0.15, -0.1) is 0 Å². The normalized spacial score (nSPS) is 14.0. The van der Waals surface area contributed by atoms with Gasteiger partial charge in [0.1, 0.15) is 11.2 Å². The monoisotopic (exact) mass is 392 g/mol. The predicted octanol–water partition coefficient (Wildman–Crippen LogP) is 6.48. The summed E-state index contributed by atoms with van der Waals surface area (Å²) < 4.78 is 10.4. The molecule has 0 aliphatic heterocycles. The Morgan fingerprint density at radius 3 is 1.18 bits per heavy atom. The Kier molecular flexibility index (Phi) is 14.0. The molecule has 0 fully saturated rings. The van der Waals surface area contributed by atoms with E-state index in [9.17, 15) is 9.59 Å². The van der Waals surface area contributed by atoms with Gasteiger partial charge in [-0.3, -0.25) is 9.59 Å². The van der Waals surface area contributed by atoms with E-state index in [0.29, 0.717) is 0 Å². The summed E-state index contributed by atoms with van der Waals surface area (Å²) in [5, 5.41) is 0. The molecule has 0 aliphatic rings. The number of esters is 2. The Labute approximate surface area is 172 Å². The van der Waals surface area contributed by atoms with Crippen LogP contribution in [0.15, 0.2) is 48.6 Å². The Bertz CT molecular complexity index is 525. The van der Waals surface area contributed by atoms with Crippen LogP contribution < -0.4 is 0 Å². The molecule has 0 aromatic heterocycles. The molecule has 0 N–H and O–H groups in total. The first-order chi connectivity index (χ1) is 12.8. The molecule has 0 spiro atoms. The summed E-state index contributed by atoms with van der Waals surface area (Å²) >= 11 is 0. The fourth-order valence-electron chi connectivity index (χ4n) is 2.34. The van der Waals surface area contributed by atoms with E-state index in [2.05, 4.69) is 53.0 Å². The van der Waals surface area contributed by atoms with Gasteiger partial charge in [-0.2, -0.15) is 0 Å². The standard InChI is InChI=1S/2C12H20O2/c2*1-6-12(5,14-11(4)13)9-7-8-10(2)3/h2*6,8H,1,7,9H2,2-5H3/t2*12-/m10/s1. The summed E-state index contributed by atoms with van der Waals surface area (Å²) in [5.74, 6) is -0.519. The molecule has 0 aliphatic carbocycles. The smallest absolute Gasteiger partial charge is 0.303 e. The molecule has 0 radical (unpaired) electrons. The van der Waals surface area contributed by atoms with E-state index in [4.69, 9.17) is 9.47 Å². The molecule has 0 saturated carbocycles. The molecule has 2 atom stereocenters. The SMILES string of the molecule is C=C[C@@](C)(CCC=C(C)C)OC(C)=O.C=C[C@](C)(CCC=C(C)C)OC(C)=O. The minimum atomic E-state index is -0.530. The van der Waals surface area contributed by atoms with Gasteiger partial charge in [0.05, 0.1) is 0 Å². The van der Waals surface area contributed by atoms with Gasteiger partial charge >= 0.3 is 11.9 Å². The lowest BCUT2D eigenvalue weighted by Gasteiger charge is -2.24. The van der Waals surface area contributed by atoms with E-state index in [-0.39, 0.29) is 11.9 Å². The molecule has 160 valence electrons. The summed E-state index contributed by atoms with van der Waals surface area (Å²) in [4.78, 5) is 21.7. The molecule has 0 heterocycles. The number of rotatable bonds is 10. The molecule has 0 amide bonds. The van der Waals surface area contributed by atoms with Gasteiger partial charge in [-0.25, -0.2) is 0 Å². The molecule has 28 heavy (non-hydrogen) atoms. The average Bonchev–Trinajstić information content (AvgIpc) is 2.53. The van der Waals surface area contributed by atoms with E-state index < -0.39 is 11.2 Å². The first kappa shape index (κ1) is 28.1. The zero-order valence-electron chi connectivity index (χ0n) is 19.2. The fraction of sp³-hybridized carbons (Fsp3) is 0.583. The topological polar surface area (TPSA) is 52.6 Å². The van der Waals surface area contributed by atoms with Gasteiger partial charge < -0.3 is 9.47 Å². The molecule has 0 bridgehead atoms. The number of allylic oxidation sites excluding steroid dienone is 4. The van der Waals surface area contributed by atoms with Crippen molar-refractivity contribution in [2.75, 3.05) is 0 Å². The van der Waals surface area contributed by atoms with Crippen LogP contribution >= 0.6 is 0 Å². The highest BCUT2D eigenvalue weighted by atomic mass is 16.6. The van der Waals surface area contributed by atoms with Crippen LogP contribution in [0.4, 0.5) is 0 Å². The van der Waals surface area contributed by atoms with Crippen LogP contribution in [0.1, 0.15) is 81.1 Å². The van der Waals surface area contributed by atoms with Crippen molar-refractivity contribution in [3.63, 3.8) is 0 Å². The van der Waals surface area contributed by atoms with E-state index in [1.807, 2.05) is 13.8 Å². The number of hydrogen-bond donors (Lipinski definition) is 0. The third-order valence-corrected chi connectivity index (χ3v) is 4.00. The maximum absolute atomic E-state index is 10.8. The minimum absolute atomic E-state index is 0.260. The number of carbonyl (C=O) groups is 2. The van der Waals surface area contributed by atoms with Gasteiger partial charge in [0, 0.05) is 13.8 Å². The molecule has 0 aromatic rings. The lowest BCUT2D eigenvalue weighted by atomic mass is 9.99. The summed E-state index contributed by atoms with van der Waals surface area (Å²) in [5.41, 5.74) is 1.49. The quantitative estimate of drug-likeness (QED) is 0.315. The molecular weight excluding hydrogens is 352 g/mol. The number of hydrogen-bond acceptors (Lipinski definition) is 4. The maximum atomic E-state index is 10.8. The van der Waals surface area contributed by atoms with Crippen LogP contribution in [-0.4, -0.2) is 23.1 Å². The highest BCUT2D eigenvalue weighted by Crippen LogP contribution is 2.20. The second-order valence-electron chi connectivity index (χ2n) is 7.86. The van der Waals surface area contributed by atoms with Gasteiger partial charge in [0.2, 0.25) is 0 Å². The van der Waals surface area contributed by atoms with Gasteiger partial charge in [-0.1, -0.05) is 36.5 Å². The molecular formula is C24H40O4.